The molecule has 0 fully saturated rings. The standard InChI is InChI=1S/C25H26N2O3/c1-19(2)29-25-16-15-24(17-26-25)30-23-13-11-21(12-14-23)10-9-20(3)27-28-18-22-7-5-4-6-8-22/h4-17,19H,18H2,1-3H3/b10-9+,27-20-. The molecule has 3 aromatic rings. The van der Waals surface area contributed by atoms with E-state index in [1.807, 2.05) is 93.6 Å². The van der Waals surface area contributed by atoms with Gasteiger partial charge >= 0.3 is 0 Å². The highest BCUT2D eigenvalue weighted by Gasteiger charge is 2.02. The first kappa shape index (κ1) is 21.1. The largest absolute Gasteiger partial charge is 0.475 e. The summed E-state index contributed by atoms with van der Waals surface area (Å²) in [5, 5.41) is 4.12. The molecule has 1 aromatic heterocycles. The molecule has 0 radical (unpaired) electrons. The Morgan fingerprint density at radius 3 is 2.37 bits per heavy atom. The van der Waals surface area contributed by atoms with E-state index in [4.69, 9.17) is 14.3 Å². The monoisotopic (exact) mass is 402 g/mol. The van der Waals surface area contributed by atoms with Crippen LogP contribution in [-0.2, 0) is 11.4 Å². The molecule has 0 aliphatic rings. The van der Waals surface area contributed by atoms with Gasteiger partial charge in [0.25, 0.3) is 0 Å². The number of ether oxygens (including phenoxy) is 2. The summed E-state index contributed by atoms with van der Waals surface area (Å²) >= 11 is 0. The molecule has 0 spiro atoms. The van der Waals surface area contributed by atoms with Crippen molar-refractivity contribution in [3.63, 3.8) is 0 Å². The van der Waals surface area contributed by atoms with Gasteiger partial charge in [-0.05, 0) is 56.2 Å². The zero-order chi connectivity index (χ0) is 21.2. The lowest BCUT2D eigenvalue weighted by Gasteiger charge is -2.09. The Morgan fingerprint density at radius 1 is 0.967 bits per heavy atom. The fraction of sp³-hybridized carbons (Fsp3) is 0.200. The van der Waals surface area contributed by atoms with Crippen LogP contribution >= 0.6 is 0 Å². The normalized spacial score (nSPS) is 11.7. The number of benzene rings is 2. The van der Waals surface area contributed by atoms with Gasteiger partial charge in [0.05, 0.1) is 18.0 Å². The Hall–Kier alpha value is -3.60. The molecule has 0 amide bonds. The number of nitrogens with zero attached hydrogens (tertiary/aromatic N) is 2. The Labute approximate surface area is 177 Å². The number of aromatic nitrogens is 1. The van der Waals surface area contributed by atoms with E-state index in [2.05, 4.69) is 10.1 Å². The van der Waals surface area contributed by atoms with Gasteiger partial charge in [-0.1, -0.05) is 53.7 Å². The maximum Gasteiger partial charge on any atom is 0.213 e. The van der Waals surface area contributed by atoms with Gasteiger partial charge in [-0.25, -0.2) is 4.98 Å². The van der Waals surface area contributed by atoms with Crippen molar-refractivity contribution in [3.05, 3.63) is 90.1 Å². The summed E-state index contributed by atoms with van der Waals surface area (Å²) in [6.07, 6.45) is 5.64. The molecule has 0 N–H and O–H groups in total. The van der Waals surface area contributed by atoms with E-state index in [0.29, 0.717) is 18.2 Å². The van der Waals surface area contributed by atoms with Crippen LogP contribution in [-0.4, -0.2) is 16.8 Å². The number of allylic oxidation sites excluding steroid dienone is 1. The number of oxime groups is 1. The van der Waals surface area contributed by atoms with Crippen molar-refractivity contribution in [2.45, 2.75) is 33.5 Å². The number of pyridine rings is 1. The van der Waals surface area contributed by atoms with E-state index in [-0.39, 0.29) is 6.10 Å². The SMILES string of the molecule is CC(/C=C/c1ccc(Oc2ccc(OC(C)C)nc2)cc1)=N/OCc1ccccc1. The average Bonchev–Trinajstić information content (AvgIpc) is 2.75. The molecule has 0 saturated carbocycles. The van der Waals surface area contributed by atoms with E-state index in [1.165, 1.54) is 0 Å². The summed E-state index contributed by atoms with van der Waals surface area (Å²) in [5.74, 6) is 1.98. The molecule has 0 aliphatic heterocycles. The third-order valence-electron chi connectivity index (χ3n) is 3.98. The molecule has 0 aliphatic carbocycles. The van der Waals surface area contributed by atoms with Crippen LogP contribution in [0.25, 0.3) is 6.08 Å². The number of hydrogen-bond donors (Lipinski definition) is 0. The van der Waals surface area contributed by atoms with Crippen molar-refractivity contribution in [1.82, 2.24) is 4.98 Å². The summed E-state index contributed by atoms with van der Waals surface area (Å²) < 4.78 is 11.4. The zero-order valence-corrected chi connectivity index (χ0v) is 17.5. The number of hydrogen-bond acceptors (Lipinski definition) is 5. The van der Waals surface area contributed by atoms with E-state index in [9.17, 15) is 0 Å². The van der Waals surface area contributed by atoms with Gasteiger partial charge in [0.15, 0.2) is 0 Å². The lowest BCUT2D eigenvalue weighted by Crippen LogP contribution is -2.06. The highest BCUT2D eigenvalue weighted by Crippen LogP contribution is 2.23. The molecule has 0 unspecified atom stereocenters. The van der Waals surface area contributed by atoms with Crippen LogP contribution in [0, 0.1) is 0 Å². The fourth-order valence-electron chi connectivity index (χ4n) is 2.55. The Balaban J connectivity index is 1.50. The van der Waals surface area contributed by atoms with E-state index in [1.54, 1.807) is 12.3 Å². The molecule has 30 heavy (non-hydrogen) atoms. The summed E-state index contributed by atoms with van der Waals surface area (Å²) in [6, 6.07) is 21.4. The molecular weight excluding hydrogens is 376 g/mol. The van der Waals surface area contributed by atoms with Crippen molar-refractivity contribution in [2.75, 3.05) is 0 Å². The second kappa shape index (κ2) is 10.8. The number of rotatable bonds is 9. The highest BCUT2D eigenvalue weighted by molar-refractivity contribution is 5.95. The van der Waals surface area contributed by atoms with Gasteiger partial charge in [-0.3, -0.25) is 0 Å². The van der Waals surface area contributed by atoms with Crippen LogP contribution in [0.3, 0.4) is 0 Å². The topological polar surface area (TPSA) is 52.9 Å². The first-order valence-electron chi connectivity index (χ1n) is 9.88. The van der Waals surface area contributed by atoms with Gasteiger partial charge in [0, 0.05) is 6.07 Å². The predicted molar refractivity (Wildman–Crippen MR) is 120 cm³/mol. The first-order chi connectivity index (χ1) is 14.6. The Kier molecular flexibility index (Phi) is 7.61. The van der Waals surface area contributed by atoms with Crippen LogP contribution in [0.5, 0.6) is 17.4 Å². The molecule has 1 heterocycles. The fourth-order valence-corrected chi connectivity index (χ4v) is 2.55. The van der Waals surface area contributed by atoms with Crippen molar-refractivity contribution >= 4 is 11.8 Å². The van der Waals surface area contributed by atoms with Gasteiger partial charge in [-0.2, -0.15) is 0 Å². The van der Waals surface area contributed by atoms with Crippen molar-refractivity contribution in [2.24, 2.45) is 5.16 Å². The van der Waals surface area contributed by atoms with Crippen molar-refractivity contribution < 1.29 is 14.3 Å². The van der Waals surface area contributed by atoms with Crippen molar-refractivity contribution in [3.8, 4) is 17.4 Å². The molecule has 2 aromatic carbocycles. The summed E-state index contributed by atoms with van der Waals surface area (Å²) in [7, 11) is 0. The smallest absolute Gasteiger partial charge is 0.213 e. The molecule has 0 atom stereocenters. The molecule has 3 rings (SSSR count). The third-order valence-corrected chi connectivity index (χ3v) is 3.98. The summed E-state index contributed by atoms with van der Waals surface area (Å²) in [6.45, 7) is 6.29. The van der Waals surface area contributed by atoms with Crippen molar-refractivity contribution in [1.29, 1.82) is 0 Å². The second-order valence-electron chi connectivity index (χ2n) is 6.99. The van der Waals surface area contributed by atoms with Crippen LogP contribution in [0.2, 0.25) is 0 Å². The lowest BCUT2D eigenvalue weighted by atomic mass is 10.2. The molecule has 5 nitrogen and oxygen atoms in total. The van der Waals surface area contributed by atoms with E-state index in [0.717, 1.165) is 22.6 Å². The maximum absolute atomic E-state index is 5.83. The molecule has 5 heteroatoms. The maximum atomic E-state index is 5.83. The molecular formula is C25H26N2O3. The van der Waals surface area contributed by atoms with Crippen LogP contribution in [0.4, 0.5) is 0 Å². The first-order valence-corrected chi connectivity index (χ1v) is 9.88. The predicted octanol–water partition coefficient (Wildman–Crippen LogP) is 6.27. The van der Waals surface area contributed by atoms with Crippen LogP contribution < -0.4 is 9.47 Å². The highest BCUT2D eigenvalue weighted by atomic mass is 16.6. The summed E-state index contributed by atoms with van der Waals surface area (Å²) in [4.78, 5) is 9.63. The Bertz CT molecular complexity index is 964. The van der Waals surface area contributed by atoms with Gasteiger partial charge in [-0.15, -0.1) is 0 Å². The third kappa shape index (κ3) is 7.09. The quantitative estimate of drug-likeness (QED) is 0.313. The second-order valence-corrected chi connectivity index (χ2v) is 6.99. The molecule has 0 bridgehead atoms. The minimum absolute atomic E-state index is 0.0916. The van der Waals surface area contributed by atoms with Gasteiger partial charge in [0.1, 0.15) is 18.1 Å². The lowest BCUT2D eigenvalue weighted by molar-refractivity contribution is 0.130. The minimum atomic E-state index is 0.0916. The van der Waals surface area contributed by atoms with Gasteiger partial charge < -0.3 is 14.3 Å². The van der Waals surface area contributed by atoms with Crippen LogP contribution in [0.1, 0.15) is 31.9 Å². The Morgan fingerprint density at radius 2 is 1.70 bits per heavy atom. The molecule has 0 saturated heterocycles. The minimum Gasteiger partial charge on any atom is -0.475 e. The van der Waals surface area contributed by atoms with Crippen LogP contribution in [0.15, 0.2) is 84.2 Å². The zero-order valence-electron chi connectivity index (χ0n) is 17.5. The average molecular weight is 402 g/mol. The van der Waals surface area contributed by atoms with E-state index < -0.39 is 0 Å². The van der Waals surface area contributed by atoms with E-state index >= 15 is 0 Å². The summed E-state index contributed by atoms with van der Waals surface area (Å²) in [5.41, 5.74) is 2.92. The molecule has 154 valence electrons. The van der Waals surface area contributed by atoms with Gasteiger partial charge in [0.2, 0.25) is 5.88 Å².